The molecule has 2 N–H and O–H groups in total. The van der Waals surface area contributed by atoms with Crippen molar-refractivity contribution in [1.82, 2.24) is 15.5 Å². The van der Waals surface area contributed by atoms with Crippen molar-refractivity contribution in [2.24, 2.45) is 5.92 Å². The summed E-state index contributed by atoms with van der Waals surface area (Å²) in [5.74, 6) is 0.157. The van der Waals surface area contributed by atoms with Crippen LogP contribution in [0.25, 0.3) is 0 Å². The smallest absolute Gasteiger partial charge is 0.254 e. The molecule has 3 atom stereocenters. The summed E-state index contributed by atoms with van der Waals surface area (Å²) in [5, 5.41) is 6.32. The number of nitrogens with one attached hydrogen (secondary N) is 2. The molecular formula is C27H33N3O4. The maximum atomic E-state index is 13.2. The molecule has 1 saturated carbocycles. The fourth-order valence-corrected chi connectivity index (χ4v) is 4.93. The number of hydrogen-bond acceptors (Lipinski definition) is 4. The van der Waals surface area contributed by atoms with E-state index in [0.29, 0.717) is 30.0 Å². The standard InChI is InChI=1S/C27H33N3O4/c1-34-22-13-7-11-20(17-22)27(33)30-16-8-12-21(18-30)26(32)29-24-15-6-5-14-23(24)28-25(31)19-9-3-2-4-10-19/h2-4,7,9-11,13,17,21,23-24H,5-6,8,12,14-16,18H2,1H3,(H,28,31)(H,29,32)/t21?,23-,24-/m1/s1. The van der Waals surface area contributed by atoms with Crippen LogP contribution in [0.3, 0.4) is 0 Å². The molecule has 0 aromatic heterocycles. The lowest BCUT2D eigenvalue weighted by atomic mass is 9.88. The second-order valence-electron chi connectivity index (χ2n) is 9.17. The van der Waals surface area contributed by atoms with Gasteiger partial charge in [0.1, 0.15) is 5.75 Å². The molecular weight excluding hydrogens is 430 g/mol. The van der Waals surface area contributed by atoms with Gasteiger partial charge in [0.05, 0.1) is 13.0 Å². The first-order valence-electron chi connectivity index (χ1n) is 12.1. The minimum Gasteiger partial charge on any atom is -0.497 e. The monoisotopic (exact) mass is 463 g/mol. The van der Waals surface area contributed by atoms with E-state index in [2.05, 4.69) is 10.6 Å². The summed E-state index contributed by atoms with van der Waals surface area (Å²) in [5.41, 5.74) is 1.19. The molecule has 1 saturated heterocycles. The first-order valence-corrected chi connectivity index (χ1v) is 12.1. The van der Waals surface area contributed by atoms with Crippen molar-refractivity contribution in [3.63, 3.8) is 0 Å². The van der Waals surface area contributed by atoms with Crippen LogP contribution in [-0.2, 0) is 4.79 Å². The van der Waals surface area contributed by atoms with Crippen LogP contribution in [0.1, 0.15) is 59.2 Å². The SMILES string of the molecule is COc1cccc(C(=O)N2CCCC(C(=O)N[C@@H]3CCCC[C@H]3NC(=O)c3ccccc3)C2)c1. The maximum Gasteiger partial charge on any atom is 0.254 e. The number of piperidine rings is 1. The van der Waals surface area contributed by atoms with E-state index in [1.54, 1.807) is 48.4 Å². The molecule has 1 aliphatic heterocycles. The van der Waals surface area contributed by atoms with Gasteiger partial charge in [-0.25, -0.2) is 0 Å². The molecule has 1 heterocycles. The zero-order valence-corrected chi connectivity index (χ0v) is 19.7. The number of benzene rings is 2. The normalized spacial score (nSPS) is 22.5. The third-order valence-electron chi connectivity index (χ3n) is 6.84. The van der Waals surface area contributed by atoms with Gasteiger partial charge in [0.2, 0.25) is 5.91 Å². The molecule has 0 spiro atoms. The molecule has 1 aliphatic carbocycles. The largest absolute Gasteiger partial charge is 0.497 e. The first-order chi connectivity index (χ1) is 16.5. The fraction of sp³-hybridized carbons (Fsp3) is 0.444. The van der Waals surface area contributed by atoms with E-state index in [1.807, 2.05) is 18.2 Å². The number of rotatable bonds is 6. The van der Waals surface area contributed by atoms with E-state index in [4.69, 9.17) is 4.74 Å². The molecule has 4 rings (SSSR count). The van der Waals surface area contributed by atoms with E-state index in [0.717, 1.165) is 38.5 Å². The van der Waals surface area contributed by atoms with Gasteiger partial charge >= 0.3 is 0 Å². The average molecular weight is 464 g/mol. The van der Waals surface area contributed by atoms with Crippen LogP contribution in [0.4, 0.5) is 0 Å². The number of nitrogens with zero attached hydrogens (tertiary/aromatic N) is 1. The summed E-state index contributed by atoms with van der Waals surface area (Å²) in [7, 11) is 1.58. The third-order valence-corrected chi connectivity index (χ3v) is 6.84. The summed E-state index contributed by atoms with van der Waals surface area (Å²) < 4.78 is 5.24. The zero-order valence-electron chi connectivity index (χ0n) is 19.7. The van der Waals surface area contributed by atoms with Crippen molar-refractivity contribution in [3.05, 3.63) is 65.7 Å². The molecule has 3 amide bonds. The number of carbonyl (C=O) groups excluding carboxylic acids is 3. The molecule has 0 bridgehead atoms. The quantitative estimate of drug-likeness (QED) is 0.687. The number of hydrogen-bond donors (Lipinski definition) is 2. The number of likely N-dealkylation sites (tertiary alicyclic amines) is 1. The topological polar surface area (TPSA) is 87.7 Å². The lowest BCUT2D eigenvalue weighted by Gasteiger charge is -2.36. The van der Waals surface area contributed by atoms with Crippen LogP contribution in [0, 0.1) is 5.92 Å². The first kappa shape index (κ1) is 23.8. The summed E-state index contributed by atoms with van der Waals surface area (Å²) >= 11 is 0. The predicted octanol–water partition coefficient (Wildman–Crippen LogP) is 3.40. The van der Waals surface area contributed by atoms with Crippen molar-refractivity contribution in [2.75, 3.05) is 20.2 Å². The van der Waals surface area contributed by atoms with Crippen molar-refractivity contribution in [1.29, 1.82) is 0 Å². The van der Waals surface area contributed by atoms with E-state index in [1.165, 1.54) is 0 Å². The van der Waals surface area contributed by atoms with Gasteiger partial charge in [-0.2, -0.15) is 0 Å². The Morgan fingerprint density at radius 2 is 1.56 bits per heavy atom. The van der Waals surface area contributed by atoms with E-state index < -0.39 is 0 Å². The highest BCUT2D eigenvalue weighted by atomic mass is 16.5. The Kier molecular flexibility index (Phi) is 7.83. The number of amides is 3. The molecule has 7 nitrogen and oxygen atoms in total. The second kappa shape index (κ2) is 11.2. The van der Waals surface area contributed by atoms with E-state index >= 15 is 0 Å². The minimum absolute atomic E-state index is 0.0333. The lowest BCUT2D eigenvalue weighted by Crippen LogP contribution is -2.55. The highest BCUT2D eigenvalue weighted by Crippen LogP contribution is 2.23. The third kappa shape index (κ3) is 5.76. The molecule has 2 aromatic rings. The van der Waals surface area contributed by atoms with Gasteiger partial charge < -0.3 is 20.3 Å². The maximum absolute atomic E-state index is 13.2. The van der Waals surface area contributed by atoms with Crippen molar-refractivity contribution >= 4 is 17.7 Å². The van der Waals surface area contributed by atoms with Gasteiger partial charge in [-0.1, -0.05) is 37.1 Å². The van der Waals surface area contributed by atoms with Crippen molar-refractivity contribution in [3.8, 4) is 5.75 Å². The molecule has 180 valence electrons. The Bertz CT molecular complexity index is 1010. The Labute approximate surface area is 200 Å². The summed E-state index contributed by atoms with van der Waals surface area (Å²) in [4.78, 5) is 40.6. The molecule has 7 heteroatoms. The Balaban J connectivity index is 1.36. The average Bonchev–Trinajstić information content (AvgIpc) is 2.90. The van der Waals surface area contributed by atoms with Gasteiger partial charge in [0.25, 0.3) is 11.8 Å². The highest BCUT2D eigenvalue weighted by Gasteiger charge is 2.33. The van der Waals surface area contributed by atoms with Crippen LogP contribution in [0.5, 0.6) is 5.75 Å². The van der Waals surface area contributed by atoms with Crippen LogP contribution in [0.2, 0.25) is 0 Å². The van der Waals surface area contributed by atoms with Gasteiger partial charge in [-0.3, -0.25) is 14.4 Å². The molecule has 1 unspecified atom stereocenters. The zero-order chi connectivity index (χ0) is 23.9. The Hall–Kier alpha value is -3.35. The summed E-state index contributed by atoms with van der Waals surface area (Å²) in [6.45, 7) is 1.04. The number of methoxy groups -OCH3 is 1. The minimum atomic E-state index is -0.254. The van der Waals surface area contributed by atoms with Crippen molar-refractivity contribution in [2.45, 2.75) is 50.6 Å². The number of carbonyl (C=O) groups is 3. The van der Waals surface area contributed by atoms with Gasteiger partial charge in [-0.05, 0) is 56.0 Å². The van der Waals surface area contributed by atoms with E-state index in [9.17, 15) is 14.4 Å². The molecule has 34 heavy (non-hydrogen) atoms. The van der Waals surface area contributed by atoms with Gasteiger partial charge in [0, 0.05) is 36.3 Å². The van der Waals surface area contributed by atoms with Gasteiger partial charge in [-0.15, -0.1) is 0 Å². The van der Waals surface area contributed by atoms with Crippen LogP contribution < -0.4 is 15.4 Å². The van der Waals surface area contributed by atoms with Crippen molar-refractivity contribution < 1.29 is 19.1 Å². The van der Waals surface area contributed by atoms with Gasteiger partial charge in [0.15, 0.2) is 0 Å². The van der Waals surface area contributed by atoms with Crippen LogP contribution in [0.15, 0.2) is 54.6 Å². The highest BCUT2D eigenvalue weighted by molar-refractivity contribution is 5.95. The van der Waals surface area contributed by atoms with Crippen LogP contribution in [-0.4, -0.2) is 54.9 Å². The lowest BCUT2D eigenvalue weighted by molar-refractivity contribution is -0.127. The Morgan fingerprint density at radius 1 is 0.853 bits per heavy atom. The molecule has 2 aliphatic rings. The fourth-order valence-electron chi connectivity index (χ4n) is 4.93. The summed E-state index contributed by atoms with van der Waals surface area (Å²) in [6.07, 6.45) is 5.26. The molecule has 2 aromatic carbocycles. The summed E-state index contributed by atoms with van der Waals surface area (Å²) in [6, 6.07) is 16.1. The van der Waals surface area contributed by atoms with Crippen LogP contribution >= 0.6 is 0 Å². The second-order valence-corrected chi connectivity index (χ2v) is 9.17. The molecule has 0 radical (unpaired) electrons. The predicted molar refractivity (Wildman–Crippen MR) is 130 cm³/mol. The van der Waals surface area contributed by atoms with E-state index in [-0.39, 0.29) is 35.7 Å². The molecule has 2 fully saturated rings. The number of ether oxygens (including phenoxy) is 1. The Morgan fingerprint density at radius 3 is 2.29 bits per heavy atom.